The van der Waals surface area contributed by atoms with Crippen molar-refractivity contribution in [1.82, 2.24) is 0 Å². The lowest BCUT2D eigenvalue weighted by Crippen LogP contribution is -2.06. The van der Waals surface area contributed by atoms with E-state index >= 15 is 0 Å². The normalized spacial score (nSPS) is 12.1. The van der Waals surface area contributed by atoms with E-state index in [2.05, 4.69) is 5.32 Å². The maximum absolute atomic E-state index is 9.42. The molecule has 0 heterocycles. The number of aromatic hydroxyl groups is 1. The van der Waals surface area contributed by atoms with Gasteiger partial charge in [0.2, 0.25) is 0 Å². The zero-order valence-electron chi connectivity index (χ0n) is 9.52. The highest BCUT2D eigenvalue weighted by Crippen LogP contribution is 2.22. The lowest BCUT2D eigenvalue weighted by atomic mass is 10.1. The monoisotopic (exact) mass is 247 g/mol. The minimum Gasteiger partial charge on any atom is -0.508 e. The summed E-state index contributed by atoms with van der Waals surface area (Å²) in [6, 6.07) is 14.9. The lowest BCUT2D eigenvalue weighted by Gasteiger charge is -2.15. The number of phenols is 1. The molecule has 17 heavy (non-hydrogen) atoms. The molecule has 2 nitrogen and oxygen atoms in total. The van der Waals surface area contributed by atoms with Crippen LogP contribution in [0.4, 0.5) is 5.69 Å². The van der Waals surface area contributed by atoms with Crippen LogP contribution in [0.5, 0.6) is 5.75 Å². The van der Waals surface area contributed by atoms with Crippen LogP contribution in [0.25, 0.3) is 0 Å². The van der Waals surface area contributed by atoms with Crippen molar-refractivity contribution in [2.75, 3.05) is 5.32 Å². The van der Waals surface area contributed by atoms with Crippen molar-refractivity contribution in [3.63, 3.8) is 0 Å². The minimum atomic E-state index is 0.128. The molecule has 0 radical (unpaired) electrons. The summed E-state index contributed by atoms with van der Waals surface area (Å²) >= 11 is 5.83. The number of phenolic OH excluding ortho intramolecular Hbond substituents is 1. The molecule has 2 rings (SSSR count). The fraction of sp³-hybridized carbons (Fsp3) is 0.143. The summed E-state index contributed by atoms with van der Waals surface area (Å²) in [6.07, 6.45) is 0. The molecule has 2 N–H and O–H groups in total. The second-order valence-electron chi connectivity index (χ2n) is 3.97. The standard InChI is InChI=1S/C14H14ClNO/c1-10(11-3-2-4-14(17)9-11)16-13-7-5-12(15)6-8-13/h2-10,16-17H,1H3. The zero-order valence-corrected chi connectivity index (χ0v) is 10.3. The Morgan fingerprint density at radius 3 is 2.47 bits per heavy atom. The summed E-state index contributed by atoms with van der Waals surface area (Å²) in [5.74, 6) is 0.284. The Morgan fingerprint density at radius 2 is 1.82 bits per heavy atom. The van der Waals surface area contributed by atoms with E-state index in [1.54, 1.807) is 12.1 Å². The molecule has 0 amide bonds. The Labute approximate surface area is 106 Å². The number of benzene rings is 2. The number of anilines is 1. The molecule has 2 aromatic carbocycles. The molecular weight excluding hydrogens is 234 g/mol. The van der Waals surface area contributed by atoms with Crippen LogP contribution in [0, 0.1) is 0 Å². The summed E-state index contributed by atoms with van der Waals surface area (Å²) in [6.45, 7) is 2.05. The average molecular weight is 248 g/mol. The van der Waals surface area contributed by atoms with Crippen molar-refractivity contribution in [2.45, 2.75) is 13.0 Å². The number of hydrogen-bond acceptors (Lipinski definition) is 2. The molecule has 2 aromatic rings. The number of hydrogen-bond donors (Lipinski definition) is 2. The first kappa shape index (κ1) is 11.8. The predicted molar refractivity (Wildman–Crippen MR) is 71.6 cm³/mol. The fourth-order valence-electron chi connectivity index (χ4n) is 1.67. The summed E-state index contributed by atoms with van der Waals surface area (Å²) in [5.41, 5.74) is 2.05. The second kappa shape index (κ2) is 5.11. The third-order valence-electron chi connectivity index (χ3n) is 2.60. The minimum absolute atomic E-state index is 0.128. The van der Waals surface area contributed by atoms with Gasteiger partial charge in [-0.1, -0.05) is 23.7 Å². The average Bonchev–Trinajstić information content (AvgIpc) is 2.32. The number of nitrogens with one attached hydrogen (secondary N) is 1. The van der Waals surface area contributed by atoms with Gasteiger partial charge in [0.1, 0.15) is 5.75 Å². The van der Waals surface area contributed by atoms with E-state index in [1.807, 2.05) is 43.3 Å². The summed E-state index contributed by atoms with van der Waals surface area (Å²) < 4.78 is 0. The first-order valence-corrected chi connectivity index (χ1v) is 5.84. The highest BCUT2D eigenvalue weighted by Gasteiger charge is 2.05. The second-order valence-corrected chi connectivity index (χ2v) is 4.40. The molecule has 0 saturated carbocycles. The van der Waals surface area contributed by atoms with Crippen molar-refractivity contribution in [3.8, 4) is 5.75 Å². The molecule has 0 bridgehead atoms. The van der Waals surface area contributed by atoms with Gasteiger partial charge in [0.15, 0.2) is 0 Å². The quantitative estimate of drug-likeness (QED) is 0.851. The molecule has 0 aliphatic rings. The first-order valence-electron chi connectivity index (χ1n) is 5.46. The Bertz CT molecular complexity index is 496. The van der Waals surface area contributed by atoms with Crippen LogP contribution in [0.15, 0.2) is 48.5 Å². The van der Waals surface area contributed by atoms with Gasteiger partial charge >= 0.3 is 0 Å². The molecule has 0 saturated heterocycles. The molecule has 1 unspecified atom stereocenters. The van der Waals surface area contributed by atoms with Crippen LogP contribution in [-0.2, 0) is 0 Å². The zero-order chi connectivity index (χ0) is 12.3. The topological polar surface area (TPSA) is 32.3 Å². The molecule has 0 spiro atoms. The van der Waals surface area contributed by atoms with Crippen molar-refractivity contribution in [3.05, 3.63) is 59.1 Å². The van der Waals surface area contributed by atoms with Gasteiger partial charge in [-0.05, 0) is 48.9 Å². The summed E-state index contributed by atoms with van der Waals surface area (Å²) in [5, 5.41) is 13.5. The van der Waals surface area contributed by atoms with E-state index < -0.39 is 0 Å². The van der Waals surface area contributed by atoms with E-state index in [9.17, 15) is 5.11 Å². The van der Waals surface area contributed by atoms with Gasteiger partial charge in [-0.2, -0.15) is 0 Å². The van der Waals surface area contributed by atoms with Crippen LogP contribution < -0.4 is 5.32 Å². The third kappa shape index (κ3) is 3.14. The van der Waals surface area contributed by atoms with Crippen molar-refractivity contribution in [1.29, 1.82) is 0 Å². The van der Waals surface area contributed by atoms with Crippen molar-refractivity contribution >= 4 is 17.3 Å². The molecule has 0 aromatic heterocycles. The number of rotatable bonds is 3. The van der Waals surface area contributed by atoms with E-state index in [0.29, 0.717) is 0 Å². The lowest BCUT2D eigenvalue weighted by molar-refractivity contribution is 0.474. The summed E-state index contributed by atoms with van der Waals surface area (Å²) in [7, 11) is 0. The molecule has 0 aliphatic carbocycles. The van der Waals surface area contributed by atoms with E-state index in [0.717, 1.165) is 16.3 Å². The van der Waals surface area contributed by atoms with E-state index in [4.69, 9.17) is 11.6 Å². The Hall–Kier alpha value is -1.67. The molecule has 88 valence electrons. The molecule has 3 heteroatoms. The maximum atomic E-state index is 9.42. The van der Waals surface area contributed by atoms with Crippen LogP contribution in [0.1, 0.15) is 18.5 Å². The highest BCUT2D eigenvalue weighted by molar-refractivity contribution is 6.30. The van der Waals surface area contributed by atoms with Gasteiger partial charge in [0.05, 0.1) is 0 Å². The van der Waals surface area contributed by atoms with Crippen LogP contribution in [-0.4, -0.2) is 5.11 Å². The van der Waals surface area contributed by atoms with Crippen LogP contribution >= 0.6 is 11.6 Å². The van der Waals surface area contributed by atoms with Crippen LogP contribution in [0.3, 0.4) is 0 Å². The smallest absolute Gasteiger partial charge is 0.115 e. The molecular formula is C14H14ClNO. The number of halogens is 1. The first-order chi connectivity index (χ1) is 8.15. The van der Waals surface area contributed by atoms with Crippen LogP contribution in [0.2, 0.25) is 5.02 Å². The Balaban J connectivity index is 2.11. The van der Waals surface area contributed by atoms with Gasteiger partial charge in [-0.15, -0.1) is 0 Å². The Kier molecular flexibility index (Phi) is 3.55. The van der Waals surface area contributed by atoms with Crippen molar-refractivity contribution in [2.24, 2.45) is 0 Å². The van der Waals surface area contributed by atoms with Gasteiger partial charge < -0.3 is 10.4 Å². The molecule has 1 atom stereocenters. The summed E-state index contributed by atoms with van der Waals surface area (Å²) in [4.78, 5) is 0. The van der Waals surface area contributed by atoms with E-state index in [-0.39, 0.29) is 11.8 Å². The predicted octanol–water partition coefficient (Wildman–Crippen LogP) is 4.22. The highest BCUT2D eigenvalue weighted by atomic mass is 35.5. The van der Waals surface area contributed by atoms with Gasteiger partial charge in [-0.3, -0.25) is 0 Å². The van der Waals surface area contributed by atoms with Gasteiger partial charge in [0.25, 0.3) is 0 Å². The van der Waals surface area contributed by atoms with Gasteiger partial charge in [0, 0.05) is 16.8 Å². The fourth-order valence-corrected chi connectivity index (χ4v) is 1.80. The van der Waals surface area contributed by atoms with E-state index in [1.165, 1.54) is 0 Å². The Morgan fingerprint density at radius 1 is 1.12 bits per heavy atom. The third-order valence-corrected chi connectivity index (χ3v) is 2.85. The molecule has 0 aliphatic heterocycles. The SMILES string of the molecule is CC(Nc1ccc(Cl)cc1)c1cccc(O)c1. The maximum Gasteiger partial charge on any atom is 0.115 e. The molecule has 0 fully saturated rings. The van der Waals surface area contributed by atoms with Gasteiger partial charge in [-0.25, -0.2) is 0 Å². The largest absolute Gasteiger partial charge is 0.508 e. The van der Waals surface area contributed by atoms with Crippen molar-refractivity contribution < 1.29 is 5.11 Å².